The van der Waals surface area contributed by atoms with Crippen LogP contribution in [0.25, 0.3) is 17.0 Å². The van der Waals surface area contributed by atoms with E-state index in [-0.39, 0.29) is 6.10 Å². The largest absolute Gasteiger partial charge is 0.486 e. The minimum atomic E-state index is 0.0897. The molecule has 5 rings (SSSR count). The van der Waals surface area contributed by atoms with E-state index in [0.29, 0.717) is 49.5 Å². The molecular weight excluding hydrogens is 382 g/mol. The Labute approximate surface area is 174 Å². The molecule has 2 aromatic carbocycles. The van der Waals surface area contributed by atoms with Crippen molar-refractivity contribution in [3.8, 4) is 17.2 Å². The zero-order valence-electron chi connectivity index (χ0n) is 16.6. The van der Waals surface area contributed by atoms with E-state index in [2.05, 4.69) is 21.9 Å². The predicted octanol–water partition coefficient (Wildman–Crippen LogP) is 4.35. The van der Waals surface area contributed by atoms with Crippen molar-refractivity contribution < 1.29 is 18.9 Å². The molecule has 154 valence electrons. The maximum atomic E-state index is 6.27. The fraction of sp³-hybridized carbons (Fsp3) is 0.304. The van der Waals surface area contributed by atoms with E-state index >= 15 is 0 Å². The van der Waals surface area contributed by atoms with Gasteiger partial charge >= 0.3 is 0 Å². The Morgan fingerprint density at radius 3 is 2.70 bits per heavy atom. The molecule has 7 nitrogen and oxygen atoms in total. The molecule has 0 bridgehead atoms. The van der Waals surface area contributed by atoms with Gasteiger partial charge in [-0.15, -0.1) is 0 Å². The second kappa shape index (κ2) is 8.20. The van der Waals surface area contributed by atoms with Crippen LogP contribution in [0.15, 0.2) is 43.2 Å². The van der Waals surface area contributed by atoms with Crippen LogP contribution in [0.3, 0.4) is 0 Å². The Kier molecular flexibility index (Phi) is 5.11. The van der Waals surface area contributed by atoms with Gasteiger partial charge in [-0.2, -0.15) is 0 Å². The SMILES string of the molecule is C=Cc1cccc(Nc2ncnc3cc(OC4CCOCC4)c4c(c23)OCCO4)c1. The molecule has 30 heavy (non-hydrogen) atoms. The molecule has 3 aromatic rings. The van der Waals surface area contributed by atoms with E-state index in [1.165, 1.54) is 6.33 Å². The average molecular weight is 405 g/mol. The van der Waals surface area contributed by atoms with Crippen molar-refractivity contribution in [1.29, 1.82) is 0 Å². The maximum Gasteiger partial charge on any atom is 0.204 e. The van der Waals surface area contributed by atoms with Gasteiger partial charge in [0.1, 0.15) is 31.5 Å². The summed E-state index contributed by atoms with van der Waals surface area (Å²) >= 11 is 0. The summed E-state index contributed by atoms with van der Waals surface area (Å²) in [5.74, 6) is 2.53. The van der Waals surface area contributed by atoms with E-state index in [1.54, 1.807) is 0 Å². The molecule has 0 amide bonds. The Morgan fingerprint density at radius 2 is 1.87 bits per heavy atom. The van der Waals surface area contributed by atoms with Crippen LogP contribution in [0.1, 0.15) is 18.4 Å². The van der Waals surface area contributed by atoms with Crippen molar-refractivity contribution in [1.82, 2.24) is 9.97 Å². The number of hydrogen-bond donors (Lipinski definition) is 1. The van der Waals surface area contributed by atoms with Crippen LogP contribution in [0.4, 0.5) is 11.5 Å². The molecule has 1 N–H and O–H groups in total. The molecule has 3 heterocycles. The standard InChI is InChI=1S/C23H23N3O4/c1-2-15-4-3-5-16(12-15)26-23-20-18(24-14-25-23)13-19(21-22(20)29-11-10-28-21)30-17-6-8-27-9-7-17/h2-5,12-14,17H,1,6-11H2,(H,24,25,26). The summed E-state index contributed by atoms with van der Waals surface area (Å²) in [5.41, 5.74) is 2.66. The van der Waals surface area contributed by atoms with Crippen LogP contribution in [-0.4, -0.2) is 42.5 Å². The molecular formula is C23H23N3O4. The van der Waals surface area contributed by atoms with E-state index in [0.717, 1.165) is 35.0 Å². The van der Waals surface area contributed by atoms with Gasteiger partial charge in [-0.3, -0.25) is 0 Å². The molecule has 1 aromatic heterocycles. The van der Waals surface area contributed by atoms with E-state index in [9.17, 15) is 0 Å². The number of rotatable bonds is 5. The van der Waals surface area contributed by atoms with E-state index in [1.807, 2.05) is 36.4 Å². The lowest BCUT2D eigenvalue weighted by atomic mass is 10.1. The van der Waals surface area contributed by atoms with Crippen LogP contribution < -0.4 is 19.5 Å². The first-order valence-corrected chi connectivity index (χ1v) is 10.1. The van der Waals surface area contributed by atoms with Gasteiger partial charge in [-0.25, -0.2) is 9.97 Å². The maximum absolute atomic E-state index is 6.27. The monoisotopic (exact) mass is 405 g/mol. The molecule has 0 aliphatic carbocycles. The summed E-state index contributed by atoms with van der Waals surface area (Å²) < 4.78 is 23.7. The van der Waals surface area contributed by atoms with Gasteiger partial charge in [0.2, 0.25) is 5.75 Å². The number of benzene rings is 2. The fourth-order valence-electron chi connectivity index (χ4n) is 3.75. The van der Waals surface area contributed by atoms with Crippen molar-refractivity contribution in [3.05, 3.63) is 48.8 Å². The third-order valence-corrected chi connectivity index (χ3v) is 5.22. The molecule has 1 fully saturated rings. The highest BCUT2D eigenvalue weighted by Crippen LogP contribution is 2.47. The third kappa shape index (κ3) is 3.64. The lowest BCUT2D eigenvalue weighted by Crippen LogP contribution is -2.26. The van der Waals surface area contributed by atoms with Crippen molar-refractivity contribution in [2.45, 2.75) is 18.9 Å². The lowest BCUT2D eigenvalue weighted by Gasteiger charge is -2.27. The zero-order valence-corrected chi connectivity index (χ0v) is 16.6. The van der Waals surface area contributed by atoms with Gasteiger partial charge in [-0.05, 0) is 17.7 Å². The highest BCUT2D eigenvalue weighted by Gasteiger charge is 2.26. The molecule has 0 spiro atoms. The first-order valence-electron chi connectivity index (χ1n) is 10.1. The average Bonchev–Trinajstić information content (AvgIpc) is 2.80. The molecule has 2 aliphatic rings. The van der Waals surface area contributed by atoms with E-state index in [4.69, 9.17) is 18.9 Å². The summed E-state index contributed by atoms with van der Waals surface area (Å²) in [4.78, 5) is 8.94. The van der Waals surface area contributed by atoms with Crippen molar-refractivity contribution in [2.75, 3.05) is 31.7 Å². The zero-order chi connectivity index (χ0) is 20.3. The quantitative estimate of drug-likeness (QED) is 0.676. The molecule has 0 unspecified atom stereocenters. The molecule has 0 atom stereocenters. The van der Waals surface area contributed by atoms with Gasteiger partial charge < -0.3 is 24.3 Å². The van der Waals surface area contributed by atoms with Gasteiger partial charge in [-0.1, -0.05) is 24.8 Å². The van der Waals surface area contributed by atoms with Gasteiger partial charge in [0.05, 0.1) is 24.1 Å². The Hall–Kier alpha value is -3.32. The first-order chi connectivity index (χ1) is 14.8. The first kappa shape index (κ1) is 18.7. The number of anilines is 2. The normalized spacial score (nSPS) is 16.3. The van der Waals surface area contributed by atoms with Crippen LogP contribution >= 0.6 is 0 Å². The van der Waals surface area contributed by atoms with Crippen molar-refractivity contribution in [2.24, 2.45) is 0 Å². The minimum Gasteiger partial charge on any atom is -0.486 e. The lowest BCUT2D eigenvalue weighted by molar-refractivity contribution is 0.0234. The molecule has 7 heteroatoms. The Morgan fingerprint density at radius 1 is 1.03 bits per heavy atom. The molecule has 0 saturated carbocycles. The van der Waals surface area contributed by atoms with Crippen LogP contribution in [0.5, 0.6) is 17.2 Å². The van der Waals surface area contributed by atoms with Gasteiger partial charge in [0.25, 0.3) is 0 Å². The topological polar surface area (TPSA) is 74.7 Å². The second-order valence-corrected chi connectivity index (χ2v) is 7.23. The summed E-state index contributed by atoms with van der Waals surface area (Å²) in [7, 11) is 0. The number of nitrogens with zero attached hydrogens (tertiary/aromatic N) is 2. The molecule has 2 aliphatic heterocycles. The number of aromatic nitrogens is 2. The van der Waals surface area contributed by atoms with Crippen LogP contribution in [-0.2, 0) is 4.74 Å². The third-order valence-electron chi connectivity index (χ3n) is 5.22. The number of nitrogens with one attached hydrogen (secondary N) is 1. The fourth-order valence-corrected chi connectivity index (χ4v) is 3.75. The molecule has 0 radical (unpaired) electrons. The summed E-state index contributed by atoms with van der Waals surface area (Å²) in [5, 5.41) is 4.15. The summed E-state index contributed by atoms with van der Waals surface area (Å²) in [6.07, 6.45) is 5.14. The summed E-state index contributed by atoms with van der Waals surface area (Å²) in [6, 6.07) is 9.86. The Balaban J connectivity index is 1.57. The highest BCUT2D eigenvalue weighted by atomic mass is 16.6. The van der Waals surface area contributed by atoms with E-state index < -0.39 is 0 Å². The second-order valence-electron chi connectivity index (χ2n) is 7.23. The van der Waals surface area contributed by atoms with Crippen molar-refractivity contribution >= 4 is 28.5 Å². The highest BCUT2D eigenvalue weighted by molar-refractivity contribution is 5.99. The number of ether oxygens (including phenoxy) is 4. The predicted molar refractivity (Wildman–Crippen MR) is 115 cm³/mol. The minimum absolute atomic E-state index is 0.0897. The number of fused-ring (bicyclic) bond motifs is 3. The number of hydrogen-bond acceptors (Lipinski definition) is 7. The van der Waals surface area contributed by atoms with Crippen LogP contribution in [0, 0.1) is 0 Å². The van der Waals surface area contributed by atoms with Gasteiger partial charge in [0, 0.05) is 24.6 Å². The van der Waals surface area contributed by atoms with Crippen molar-refractivity contribution in [3.63, 3.8) is 0 Å². The molecule has 1 saturated heterocycles. The van der Waals surface area contributed by atoms with Gasteiger partial charge in [0.15, 0.2) is 11.5 Å². The Bertz CT molecular complexity index is 1080. The van der Waals surface area contributed by atoms with Crippen LogP contribution in [0.2, 0.25) is 0 Å². The summed E-state index contributed by atoms with van der Waals surface area (Å²) in [6.45, 7) is 6.18. The smallest absolute Gasteiger partial charge is 0.204 e.